The smallest absolute Gasteiger partial charge is 0.137 e. The molecule has 3 aromatic rings. The number of anilines is 2. The molecule has 0 unspecified atom stereocenters. The summed E-state index contributed by atoms with van der Waals surface area (Å²) >= 11 is 5.99. The molecule has 2 heterocycles. The highest BCUT2D eigenvalue weighted by atomic mass is 35.5. The van der Waals surface area contributed by atoms with Crippen LogP contribution in [0.15, 0.2) is 48.8 Å². The summed E-state index contributed by atoms with van der Waals surface area (Å²) in [4.78, 5) is 6.66. The summed E-state index contributed by atoms with van der Waals surface area (Å²) < 4.78 is 1.94. The molecule has 0 aliphatic rings. The fourth-order valence-electron chi connectivity index (χ4n) is 2.30. The van der Waals surface area contributed by atoms with E-state index in [1.54, 1.807) is 0 Å². The standard InChI is InChI=1S/C16H17ClN4/c1-20(2)15-6-4-3-5-14(15)18-9-13-11-21-10-12(17)7-8-16(21)19-13/h3-8,10-11,18H,9H2,1-2H3. The van der Waals surface area contributed by atoms with E-state index in [4.69, 9.17) is 11.6 Å². The first-order valence-electron chi connectivity index (χ1n) is 6.77. The van der Waals surface area contributed by atoms with E-state index in [1.807, 2.05) is 55.2 Å². The van der Waals surface area contributed by atoms with Gasteiger partial charge in [0.15, 0.2) is 0 Å². The van der Waals surface area contributed by atoms with E-state index in [9.17, 15) is 0 Å². The molecule has 0 atom stereocenters. The highest BCUT2D eigenvalue weighted by Gasteiger charge is 2.05. The van der Waals surface area contributed by atoms with E-state index < -0.39 is 0 Å². The van der Waals surface area contributed by atoms with E-state index in [2.05, 4.69) is 27.3 Å². The minimum Gasteiger partial charge on any atom is -0.378 e. The summed E-state index contributed by atoms with van der Waals surface area (Å²) in [6, 6.07) is 12.0. The van der Waals surface area contributed by atoms with Crippen molar-refractivity contribution in [2.45, 2.75) is 6.54 Å². The van der Waals surface area contributed by atoms with E-state index in [1.165, 1.54) is 0 Å². The molecule has 0 amide bonds. The molecule has 0 fully saturated rings. The van der Waals surface area contributed by atoms with Crippen LogP contribution in [0.5, 0.6) is 0 Å². The number of imidazole rings is 1. The van der Waals surface area contributed by atoms with Crippen LogP contribution in [0, 0.1) is 0 Å². The molecule has 0 aliphatic carbocycles. The number of pyridine rings is 1. The summed E-state index contributed by atoms with van der Waals surface area (Å²) in [7, 11) is 4.07. The maximum absolute atomic E-state index is 5.99. The predicted molar refractivity (Wildman–Crippen MR) is 88.3 cm³/mol. The maximum atomic E-state index is 5.99. The number of fused-ring (bicyclic) bond motifs is 1. The molecule has 0 spiro atoms. The molecule has 108 valence electrons. The van der Waals surface area contributed by atoms with Crippen molar-refractivity contribution in [1.29, 1.82) is 0 Å². The van der Waals surface area contributed by atoms with E-state index in [0.29, 0.717) is 11.6 Å². The van der Waals surface area contributed by atoms with Crippen LogP contribution < -0.4 is 10.2 Å². The molecule has 0 saturated carbocycles. The molecule has 0 saturated heterocycles. The van der Waals surface area contributed by atoms with Crippen LogP contribution in [0.4, 0.5) is 11.4 Å². The molecule has 4 nitrogen and oxygen atoms in total. The Bertz CT molecular complexity index is 764. The van der Waals surface area contributed by atoms with Crippen LogP contribution in [-0.4, -0.2) is 23.5 Å². The van der Waals surface area contributed by atoms with Crippen LogP contribution in [-0.2, 0) is 6.54 Å². The quantitative estimate of drug-likeness (QED) is 0.798. The first-order valence-corrected chi connectivity index (χ1v) is 7.14. The highest BCUT2D eigenvalue weighted by molar-refractivity contribution is 6.30. The number of para-hydroxylation sites is 2. The number of halogens is 1. The number of benzene rings is 1. The molecular formula is C16H17ClN4. The number of rotatable bonds is 4. The van der Waals surface area contributed by atoms with E-state index in [-0.39, 0.29) is 0 Å². The highest BCUT2D eigenvalue weighted by Crippen LogP contribution is 2.24. The fourth-order valence-corrected chi connectivity index (χ4v) is 2.47. The average molecular weight is 301 g/mol. The molecule has 0 radical (unpaired) electrons. The van der Waals surface area contributed by atoms with Gasteiger partial charge in [-0.3, -0.25) is 0 Å². The Balaban J connectivity index is 1.80. The second-order valence-electron chi connectivity index (χ2n) is 5.11. The largest absolute Gasteiger partial charge is 0.378 e. The molecule has 1 aromatic carbocycles. The number of aromatic nitrogens is 2. The lowest BCUT2D eigenvalue weighted by Gasteiger charge is -2.17. The lowest BCUT2D eigenvalue weighted by molar-refractivity contribution is 1.06. The Morgan fingerprint density at radius 2 is 1.95 bits per heavy atom. The van der Waals surface area contributed by atoms with Crippen LogP contribution in [0.1, 0.15) is 5.69 Å². The summed E-state index contributed by atoms with van der Waals surface area (Å²) in [5, 5.41) is 4.14. The summed E-state index contributed by atoms with van der Waals surface area (Å²) in [5.41, 5.74) is 4.13. The van der Waals surface area contributed by atoms with Crippen molar-refractivity contribution in [2.24, 2.45) is 0 Å². The predicted octanol–water partition coefficient (Wildman–Crippen LogP) is 3.67. The third kappa shape index (κ3) is 2.95. The number of nitrogens with zero attached hydrogens (tertiary/aromatic N) is 3. The van der Waals surface area contributed by atoms with Gasteiger partial charge in [0, 0.05) is 26.5 Å². The summed E-state index contributed by atoms with van der Waals surface area (Å²) in [6.45, 7) is 0.671. The van der Waals surface area contributed by atoms with Crippen molar-refractivity contribution in [3.05, 3.63) is 59.5 Å². The molecule has 3 rings (SSSR count). The van der Waals surface area contributed by atoms with Crippen molar-refractivity contribution in [2.75, 3.05) is 24.3 Å². The van der Waals surface area contributed by atoms with Gasteiger partial charge in [-0.15, -0.1) is 0 Å². The van der Waals surface area contributed by atoms with Crippen molar-refractivity contribution >= 4 is 28.6 Å². The third-order valence-corrected chi connectivity index (χ3v) is 3.53. The van der Waals surface area contributed by atoms with Crippen molar-refractivity contribution in [3.8, 4) is 0 Å². The Hall–Kier alpha value is -2.20. The van der Waals surface area contributed by atoms with Gasteiger partial charge in [0.05, 0.1) is 28.6 Å². The molecule has 0 bridgehead atoms. The van der Waals surface area contributed by atoms with Gasteiger partial charge in [-0.1, -0.05) is 23.7 Å². The first-order chi connectivity index (χ1) is 10.1. The fraction of sp³-hybridized carbons (Fsp3) is 0.188. The van der Waals surface area contributed by atoms with Gasteiger partial charge in [-0.2, -0.15) is 0 Å². The first kappa shape index (κ1) is 13.8. The zero-order chi connectivity index (χ0) is 14.8. The van der Waals surface area contributed by atoms with Crippen LogP contribution in [0.25, 0.3) is 5.65 Å². The zero-order valence-corrected chi connectivity index (χ0v) is 12.8. The third-order valence-electron chi connectivity index (χ3n) is 3.31. The lowest BCUT2D eigenvalue weighted by Crippen LogP contribution is -2.12. The van der Waals surface area contributed by atoms with Crippen LogP contribution in [0.3, 0.4) is 0 Å². The zero-order valence-electron chi connectivity index (χ0n) is 12.0. The van der Waals surface area contributed by atoms with Crippen LogP contribution >= 0.6 is 11.6 Å². The molecule has 5 heteroatoms. The van der Waals surface area contributed by atoms with E-state index >= 15 is 0 Å². The number of nitrogens with one attached hydrogen (secondary N) is 1. The van der Waals surface area contributed by atoms with Crippen molar-refractivity contribution in [1.82, 2.24) is 9.38 Å². The Morgan fingerprint density at radius 3 is 2.76 bits per heavy atom. The van der Waals surface area contributed by atoms with Gasteiger partial charge in [0.2, 0.25) is 0 Å². The second-order valence-corrected chi connectivity index (χ2v) is 5.55. The topological polar surface area (TPSA) is 32.6 Å². The van der Waals surface area contributed by atoms with Crippen molar-refractivity contribution < 1.29 is 0 Å². The monoisotopic (exact) mass is 300 g/mol. The molecule has 1 N–H and O–H groups in total. The maximum Gasteiger partial charge on any atom is 0.137 e. The van der Waals surface area contributed by atoms with Gasteiger partial charge < -0.3 is 14.6 Å². The van der Waals surface area contributed by atoms with Crippen molar-refractivity contribution in [3.63, 3.8) is 0 Å². The average Bonchev–Trinajstić information content (AvgIpc) is 2.87. The molecule has 21 heavy (non-hydrogen) atoms. The minimum atomic E-state index is 0.671. The van der Waals surface area contributed by atoms with Gasteiger partial charge >= 0.3 is 0 Å². The number of hydrogen-bond donors (Lipinski definition) is 1. The second kappa shape index (κ2) is 5.66. The molecule has 0 aliphatic heterocycles. The molecular weight excluding hydrogens is 284 g/mol. The normalized spacial score (nSPS) is 10.8. The Morgan fingerprint density at radius 1 is 1.14 bits per heavy atom. The minimum absolute atomic E-state index is 0.671. The van der Waals surface area contributed by atoms with Gasteiger partial charge in [0.1, 0.15) is 5.65 Å². The summed E-state index contributed by atoms with van der Waals surface area (Å²) in [6.07, 6.45) is 3.85. The van der Waals surface area contributed by atoms with Gasteiger partial charge in [-0.05, 0) is 24.3 Å². The Labute approximate surface area is 129 Å². The van der Waals surface area contributed by atoms with Gasteiger partial charge in [0.25, 0.3) is 0 Å². The lowest BCUT2D eigenvalue weighted by atomic mass is 10.2. The number of hydrogen-bond acceptors (Lipinski definition) is 3. The van der Waals surface area contributed by atoms with E-state index in [0.717, 1.165) is 22.7 Å². The molecule has 2 aromatic heterocycles. The summed E-state index contributed by atoms with van der Waals surface area (Å²) in [5.74, 6) is 0. The van der Waals surface area contributed by atoms with Gasteiger partial charge in [-0.25, -0.2) is 4.98 Å². The van der Waals surface area contributed by atoms with Crippen LogP contribution in [0.2, 0.25) is 5.02 Å². The Kier molecular flexibility index (Phi) is 3.71. The SMILES string of the molecule is CN(C)c1ccccc1NCc1cn2cc(Cl)ccc2n1.